The van der Waals surface area contributed by atoms with Gasteiger partial charge in [-0.3, -0.25) is 4.79 Å². The normalized spacial score (nSPS) is 28.9. The van der Waals surface area contributed by atoms with Crippen molar-refractivity contribution < 1.29 is 14.3 Å². The lowest BCUT2D eigenvalue weighted by Gasteiger charge is -2.36. The third-order valence-electron chi connectivity index (χ3n) is 4.60. The van der Waals surface area contributed by atoms with E-state index in [1.807, 2.05) is 24.3 Å². The van der Waals surface area contributed by atoms with Crippen LogP contribution in [0.25, 0.3) is 0 Å². The van der Waals surface area contributed by atoms with Crippen molar-refractivity contribution in [3.8, 4) is 0 Å². The molecule has 4 nitrogen and oxygen atoms in total. The van der Waals surface area contributed by atoms with Crippen molar-refractivity contribution in [2.45, 2.75) is 31.3 Å². The Labute approximate surface area is 125 Å². The molecule has 2 aliphatic heterocycles. The van der Waals surface area contributed by atoms with E-state index in [1.54, 1.807) is 0 Å². The van der Waals surface area contributed by atoms with Crippen LogP contribution in [0.15, 0.2) is 24.3 Å². The zero-order valence-corrected chi connectivity index (χ0v) is 12.3. The third-order valence-corrected chi connectivity index (χ3v) is 4.60. The van der Waals surface area contributed by atoms with Crippen molar-refractivity contribution in [2.24, 2.45) is 11.7 Å². The number of rotatable bonds is 4. The highest BCUT2D eigenvalue weighted by Gasteiger charge is 2.42. The molecule has 21 heavy (non-hydrogen) atoms. The van der Waals surface area contributed by atoms with E-state index in [4.69, 9.17) is 15.2 Å². The summed E-state index contributed by atoms with van der Waals surface area (Å²) < 4.78 is 11.4. The highest BCUT2D eigenvalue weighted by molar-refractivity contribution is 5.98. The Morgan fingerprint density at radius 2 is 2.10 bits per heavy atom. The number of benzene rings is 1. The van der Waals surface area contributed by atoms with E-state index >= 15 is 0 Å². The minimum absolute atomic E-state index is 0.0563. The molecular formula is C17H23NO3. The van der Waals surface area contributed by atoms with Crippen LogP contribution in [0, 0.1) is 5.92 Å². The van der Waals surface area contributed by atoms with Gasteiger partial charge in [0.15, 0.2) is 5.78 Å². The summed E-state index contributed by atoms with van der Waals surface area (Å²) in [6.07, 6.45) is 3.36. The molecule has 2 N–H and O–H groups in total. The maximum absolute atomic E-state index is 12.7. The first kappa shape index (κ1) is 14.7. The topological polar surface area (TPSA) is 61.6 Å². The fraction of sp³-hybridized carbons (Fsp3) is 0.588. The van der Waals surface area contributed by atoms with Crippen LogP contribution in [-0.4, -0.2) is 37.7 Å². The van der Waals surface area contributed by atoms with Crippen LogP contribution in [0.4, 0.5) is 0 Å². The molecular weight excluding hydrogens is 266 g/mol. The summed E-state index contributed by atoms with van der Waals surface area (Å²) in [6.45, 7) is 2.67. The molecule has 1 spiro atoms. The van der Waals surface area contributed by atoms with Gasteiger partial charge in [-0.2, -0.15) is 0 Å². The molecule has 2 heterocycles. The van der Waals surface area contributed by atoms with Crippen LogP contribution >= 0.6 is 0 Å². The van der Waals surface area contributed by atoms with E-state index in [0.29, 0.717) is 19.8 Å². The van der Waals surface area contributed by atoms with Gasteiger partial charge in [0.25, 0.3) is 0 Å². The van der Waals surface area contributed by atoms with Crippen LogP contribution < -0.4 is 5.73 Å². The zero-order chi connectivity index (χ0) is 14.7. The fourth-order valence-corrected chi connectivity index (χ4v) is 3.35. The summed E-state index contributed by atoms with van der Waals surface area (Å²) in [5.41, 5.74) is 7.32. The molecule has 1 aromatic rings. The molecule has 0 aromatic heterocycles. The average molecular weight is 289 g/mol. The lowest BCUT2D eigenvalue weighted by Crippen LogP contribution is -2.42. The Morgan fingerprint density at radius 1 is 1.29 bits per heavy atom. The first-order valence-corrected chi connectivity index (χ1v) is 7.77. The molecule has 2 aliphatic rings. The largest absolute Gasteiger partial charge is 0.378 e. The number of Topliss-reactive ketones (excluding diaryl/α,β-unsaturated/α-hetero) is 1. The van der Waals surface area contributed by atoms with Gasteiger partial charge in [-0.25, -0.2) is 0 Å². The SMILES string of the molecule is NCCc1ccc(C(=O)C2CCOC3(CCOC3)C2)cc1. The predicted molar refractivity (Wildman–Crippen MR) is 80.4 cm³/mol. The standard InChI is InChI=1S/C17H23NO3/c18-8-5-13-1-3-14(4-2-13)16(19)15-6-9-21-17(11-15)7-10-20-12-17/h1-4,15H,5-12,18H2. The number of ether oxygens (including phenoxy) is 2. The van der Waals surface area contributed by atoms with Gasteiger partial charge in [0.2, 0.25) is 0 Å². The number of hydrogen-bond acceptors (Lipinski definition) is 4. The van der Waals surface area contributed by atoms with E-state index in [9.17, 15) is 4.79 Å². The zero-order valence-electron chi connectivity index (χ0n) is 12.3. The lowest BCUT2D eigenvalue weighted by molar-refractivity contribution is -0.0920. The average Bonchev–Trinajstić information content (AvgIpc) is 2.95. The van der Waals surface area contributed by atoms with Gasteiger partial charge in [0.1, 0.15) is 0 Å². The molecule has 0 aliphatic carbocycles. The molecule has 4 heteroatoms. The molecule has 2 atom stereocenters. The summed E-state index contributed by atoms with van der Waals surface area (Å²) >= 11 is 0. The summed E-state index contributed by atoms with van der Waals surface area (Å²) in [5, 5.41) is 0. The smallest absolute Gasteiger partial charge is 0.166 e. The third kappa shape index (κ3) is 3.18. The number of hydrogen-bond donors (Lipinski definition) is 1. The monoisotopic (exact) mass is 289 g/mol. The van der Waals surface area contributed by atoms with Crippen LogP contribution in [0.5, 0.6) is 0 Å². The van der Waals surface area contributed by atoms with Crippen LogP contribution in [0.2, 0.25) is 0 Å². The molecule has 3 rings (SSSR count). The molecule has 0 bridgehead atoms. The van der Waals surface area contributed by atoms with Gasteiger partial charge in [-0.15, -0.1) is 0 Å². The van der Waals surface area contributed by atoms with E-state index in [0.717, 1.165) is 37.9 Å². The lowest BCUT2D eigenvalue weighted by atomic mass is 9.81. The van der Waals surface area contributed by atoms with Crippen molar-refractivity contribution in [1.29, 1.82) is 0 Å². The number of ketones is 1. The van der Waals surface area contributed by atoms with Gasteiger partial charge < -0.3 is 15.2 Å². The van der Waals surface area contributed by atoms with Crippen LogP contribution in [0.3, 0.4) is 0 Å². The number of carbonyl (C=O) groups excluding carboxylic acids is 1. The minimum Gasteiger partial charge on any atom is -0.378 e. The number of carbonyl (C=O) groups is 1. The maximum atomic E-state index is 12.7. The molecule has 2 unspecified atom stereocenters. The van der Waals surface area contributed by atoms with Crippen molar-refractivity contribution in [1.82, 2.24) is 0 Å². The second-order valence-electron chi connectivity index (χ2n) is 6.12. The Bertz CT molecular complexity index is 491. The van der Waals surface area contributed by atoms with E-state index in [-0.39, 0.29) is 17.3 Å². The van der Waals surface area contributed by atoms with E-state index in [2.05, 4.69) is 0 Å². The predicted octanol–water partition coefficient (Wildman–Crippen LogP) is 1.96. The first-order valence-electron chi connectivity index (χ1n) is 7.77. The maximum Gasteiger partial charge on any atom is 0.166 e. The van der Waals surface area contributed by atoms with Gasteiger partial charge in [0.05, 0.1) is 12.2 Å². The first-order chi connectivity index (χ1) is 10.2. The molecule has 0 amide bonds. The van der Waals surface area contributed by atoms with Crippen molar-refractivity contribution >= 4 is 5.78 Å². The fourth-order valence-electron chi connectivity index (χ4n) is 3.35. The summed E-state index contributed by atoms with van der Waals surface area (Å²) in [5.74, 6) is 0.296. The second-order valence-corrected chi connectivity index (χ2v) is 6.12. The van der Waals surface area contributed by atoms with Gasteiger partial charge in [0, 0.05) is 31.1 Å². The molecule has 2 fully saturated rings. The molecule has 1 aromatic carbocycles. The summed E-state index contributed by atoms with van der Waals surface area (Å²) in [6, 6.07) is 7.88. The second kappa shape index (κ2) is 6.26. The Balaban J connectivity index is 1.69. The van der Waals surface area contributed by atoms with Crippen LogP contribution in [0.1, 0.15) is 35.2 Å². The van der Waals surface area contributed by atoms with Crippen molar-refractivity contribution in [3.05, 3.63) is 35.4 Å². The van der Waals surface area contributed by atoms with E-state index in [1.165, 1.54) is 5.56 Å². The molecule has 0 radical (unpaired) electrons. The molecule has 114 valence electrons. The van der Waals surface area contributed by atoms with Gasteiger partial charge in [-0.05, 0) is 31.4 Å². The minimum atomic E-state index is -0.210. The Morgan fingerprint density at radius 3 is 2.76 bits per heavy atom. The molecule has 2 saturated heterocycles. The highest BCUT2D eigenvalue weighted by atomic mass is 16.6. The Hall–Kier alpha value is -1.23. The Kier molecular flexibility index (Phi) is 4.38. The van der Waals surface area contributed by atoms with Crippen molar-refractivity contribution in [3.63, 3.8) is 0 Å². The quantitative estimate of drug-likeness (QED) is 0.861. The number of nitrogens with two attached hydrogens (primary N) is 1. The van der Waals surface area contributed by atoms with Gasteiger partial charge in [-0.1, -0.05) is 24.3 Å². The van der Waals surface area contributed by atoms with E-state index < -0.39 is 0 Å². The summed E-state index contributed by atoms with van der Waals surface area (Å²) in [7, 11) is 0. The van der Waals surface area contributed by atoms with Crippen molar-refractivity contribution in [2.75, 3.05) is 26.4 Å². The summed E-state index contributed by atoms with van der Waals surface area (Å²) in [4.78, 5) is 12.7. The molecule has 0 saturated carbocycles. The van der Waals surface area contributed by atoms with Gasteiger partial charge >= 0.3 is 0 Å². The highest BCUT2D eigenvalue weighted by Crippen LogP contribution is 2.37. The van der Waals surface area contributed by atoms with Crippen LogP contribution in [-0.2, 0) is 15.9 Å².